The third-order valence-electron chi connectivity index (χ3n) is 4.66. The first-order chi connectivity index (χ1) is 9.74. The fraction of sp³-hybridized carbons (Fsp3) is 0.600. The maximum absolute atomic E-state index is 11.0. The molecule has 20 heavy (non-hydrogen) atoms. The van der Waals surface area contributed by atoms with Gasteiger partial charge in [-0.25, -0.2) is 4.98 Å². The molecule has 3 heterocycles. The van der Waals surface area contributed by atoms with Gasteiger partial charge in [-0.1, -0.05) is 0 Å². The highest BCUT2D eigenvalue weighted by Gasteiger charge is 2.28. The summed E-state index contributed by atoms with van der Waals surface area (Å²) in [5.41, 5.74) is 5.70. The molecule has 5 heteroatoms. The molecule has 108 valence electrons. The van der Waals surface area contributed by atoms with Gasteiger partial charge in [-0.05, 0) is 56.3 Å². The molecule has 0 bridgehead atoms. The second-order valence-electron chi connectivity index (χ2n) is 5.85. The van der Waals surface area contributed by atoms with Crippen molar-refractivity contribution in [3.63, 3.8) is 0 Å². The number of piperidine rings is 1. The Labute approximate surface area is 119 Å². The molecular formula is C15H22N4O. The van der Waals surface area contributed by atoms with Crippen LogP contribution in [0.3, 0.4) is 0 Å². The molecule has 1 aromatic rings. The quantitative estimate of drug-likeness (QED) is 0.863. The lowest BCUT2D eigenvalue weighted by molar-refractivity contribution is 0.1000. The average Bonchev–Trinajstić information content (AvgIpc) is 3.02. The zero-order chi connectivity index (χ0) is 13.9. The molecule has 5 nitrogen and oxygen atoms in total. The maximum Gasteiger partial charge on any atom is 0.250 e. The molecule has 1 atom stereocenters. The summed E-state index contributed by atoms with van der Waals surface area (Å²) in [6, 6.07) is 3.66. The number of aromatic nitrogens is 1. The molecule has 0 aromatic carbocycles. The second-order valence-corrected chi connectivity index (χ2v) is 5.85. The summed E-state index contributed by atoms with van der Waals surface area (Å²) < 4.78 is 0. The van der Waals surface area contributed by atoms with Crippen molar-refractivity contribution in [2.24, 2.45) is 17.6 Å². The highest BCUT2D eigenvalue weighted by atomic mass is 16.1. The number of nitrogens with two attached hydrogens (primary N) is 1. The molecular weight excluding hydrogens is 252 g/mol. The zero-order valence-corrected chi connectivity index (χ0v) is 11.7. The van der Waals surface area contributed by atoms with Crippen LogP contribution in [0.15, 0.2) is 18.3 Å². The van der Waals surface area contributed by atoms with E-state index < -0.39 is 5.91 Å². The Bertz CT molecular complexity index is 459. The van der Waals surface area contributed by atoms with Gasteiger partial charge in [-0.2, -0.15) is 0 Å². The summed E-state index contributed by atoms with van der Waals surface area (Å²) in [5.74, 6) is 2.25. The smallest absolute Gasteiger partial charge is 0.250 e. The largest absolute Gasteiger partial charge is 0.366 e. The van der Waals surface area contributed by atoms with Crippen molar-refractivity contribution >= 4 is 11.7 Å². The highest BCUT2D eigenvalue weighted by Crippen LogP contribution is 2.30. The van der Waals surface area contributed by atoms with E-state index in [0.717, 1.165) is 30.7 Å². The number of pyridine rings is 1. The summed E-state index contributed by atoms with van der Waals surface area (Å²) in [4.78, 5) is 17.7. The average molecular weight is 274 g/mol. The Morgan fingerprint density at radius 1 is 1.25 bits per heavy atom. The molecule has 2 fully saturated rings. The molecule has 2 saturated heterocycles. The minimum absolute atomic E-state index is 0.420. The zero-order valence-electron chi connectivity index (χ0n) is 11.7. The number of anilines is 1. The number of carbonyl (C=O) groups is 1. The van der Waals surface area contributed by atoms with Gasteiger partial charge in [-0.15, -0.1) is 0 Å². The highest BCUT2D eigenvalue weighted by molar-refractivity contribution is 5.92. The SMILES string of the molecule is NC(=O)c1ccc(N2CCC(C3CCNC3)CC2)nc1. The van der Waals surface area contributed by atoms with Crippen LogP contribution in [0.2, 0.25) is 0 Å². The molecule has 1 aromatic heterocycles. The van der Waals surface area contributed by atoms with Crippen LogP contribution in [0, 0.1) is 11.8 Å². The fourth-order valence-electron chi connectivity index (χ4n) is 3.40. The number of primary amides is 1. The number of hydrogen-bond donors (Lipinski definition) is 2. The minimum atomic E-state index is -0.420. The summed E-state index contributed by atoms with van der Waals surface area (Å²) in [5, 5.41) is 3.46. The van der Waals surface area contributed by atoms with Crippen molar-refractivity contribution in [1.29, 1.82) is 0 Å². The lowest BCUT2D eigenvalue weighted by Crippen LogP contribution is -2.37. The van der Waals surface area contributed by atoms with Crippen molar-refractivity contribution in [2.45, 2.75) is 19.3 Å². The van der Waals surface area contributed by atoms with Crippen LogP contribution in [0.1, 0.15) is 29.6 Å². The number of nitrogens with zero attached hydrogens (tertiary/aromatic N) is 2. The van der Waals surface area contributed by atoms with Crippen LogP contribution < -0.4 is 16.0 Å². The van der Waals surface area contributed by atoms with E-state index in [0.29, 0.717) is 5.56 Å². The number of hydrogen-bond acceptors (Lipinski definition) is 4. The Morgan fingerprint density at radius 2 is 2.05 bits per heavy atom. The van der Waals surface area contributed by atoms with Crippen molar-refractivity contribution in [3.05, 3.63) is 23.9 Å². The Balaban J connectivity index is 1.58. The van der Waals surface area contributed by atoms with Crippen LogP contribution in [-0.4, -0.2) is 37.1 Å². The Hall–Kier alpha value is -1.62. The molecule has 2 aliphatic rings. The summed E-state index contributed by atoms with van der Waals surface area (Å²) in [7, 11) is 0. The first-order valence-electron chi connectivity index (χ1n) is 7.45. The molecule has 0 spiro atoms. The molecule has 1 unspecified atom stereocenters. The van der Waals surface area contributed by atoms with E-state index in [2.05, 4.69) is 15.2 Å². The molecule has 0 radical (unpaired) electrons. The van der Waals surface area contributed by atoms with Crippen molar-refractivity contribution in [1.82, 2.24) is 10.3 Å². The van der Waals surface area contributed by atoms with Gasteiger partial charge in [0.2, 0.25) is 5.91 Å². The molecule has 3 N–H and O–H groups in total. The molecule has 0 saturated carbocycles. The normalized spacial score (nSPS) is 24.0. The van der Waals surface area contributed by atoms with E-state index in [4.69, 9.17) is 5.73 Å². The maximum atomic E-state index is 11.0. The third kappa shape index (κ3) is 2.77. The van der Waals surface area contributed by atoms with E-state index in [1.807, 2.05) is 6.07 Å². The van der Waals surface area contributed by atoms with E-state index in [-0.39, 0.29) is 0 Å². The number of nitrogens with one attached hydrogen (secondary N) is 1. The van der Waals surface area contributed by atoms with E-state index in [1.54, 1.807) is 12.3 Å². The Kier molecular flexibility index (Phi) is 3.87. The van der Waals surface area contributed by atoms with E-state index in [9.17, 15) is 4.79 Å². The molecule has 0 aliphatic carbocycles. The Morgan fingerprint density at radius 3 is 2.60 bits per heavy atom. The van der Waals surface area contributed by atoms with Crippen molar-refractivity contribution < 1.29 is 4.79 Å². The van der Waals surface area contributed by atoms with Crippen LogP contribution in [0.25, 0.3) is 0 Å². The van der Waals surface area contributed by atoms with Crippen molar-refractivity contribution in [2.75, 3.05) is 31.1 Å². The standard InChI is InChI=1S/C15H22N4O/c16-15(20)13-1-2-14(18-10-13)19-7-4-11(5-8-19)12-3-6-17-9-12/h1-2,10-12,17H,3-9H2,(H2,16,20). The first-order valence-corrected chi connectivity index (χ1v) is 7.45. The summed E-state index contributed by atoms with van der Waals surface area (Å²) in [6.45, 7) is 4.49. The van der Waals surface area contributed by atoms with Crippen LogP contribution >= 0.6 is 0 Å². The van der Waals surface area contributed by atoms with Crippen LogP contribution in [0.5, 0.6) is 0 Å². The van der Waals surface area contributed by atoms with Crippen LogP contribution in [-0.2, 0) is 0 Å². The predicted octanol–water partition coefficient (Wildman–Crippen LogP) is 1.01. The van der Waals surface area contributed by atoms with E-state index in [1.165, 1.54) is 32.4 Å². The van der Waals surface area contributed by atoms with Crippen molar-refractivity contribution in [3.8, 4) is 0 Å². The van der Waals surface area contributed by atoms with E-state index >= 15 is 0 Å². The van der Waals surface area contributed by atoms with Gasteiger partial charge in [0.05, 0.1) is 5.56 Å². The van der Waals surface area contributed by atoms with Gasteiger partial charge >= 0.3 is 0 Å². The molecule has 3 rings (SSSR count). The minimum Gasteiger partial charge on any atom is -0.366 e. The van der Waals surface area contributed by atoms with Gasteiger partial charge in [0.25, 0.3) is 0 Å². The topological polar surface area (TPSA) is 71.2 Å². The summed E-state index contributed by atoms with van der Waals surface area (Å²) in [6.07, 6.45) is 5.39. The van der Waals surface area contributed by atoms with Gasteiger partial charge in [0.1, 0.15) is 5.82 Å². The number of carbonyl (C=O) groups excluding carboxylic acids is 1. The van der Waals surface area contributed by atoms with Crippen LogP contribution in [0.4, 0.5) is 5.82 Å². The molecule has 1 amide bonds. The number of rotatable bonds is 3. The van der Waals surface area contributed by atoms with Gasteiger partial charge in [0, 0.05) is 19.3 Å². The first kappa shape index (κ1) is 13.4. The third-order valence-corrected chi connectivity index (χ3v) is 4.66. The van der Waals surface area contributed by atoms with Gasteiger partial charge in [-0.3, -0.25) is 4.79 Å². The summed E-state index contributed by atoms with van der Waals surface area (Å²) >= 11 is 0. The second kappa shape index (κ2) is 5.79. The lowest BCUT2D eigenvalue weighted by atomic mass is 9.84. The molecule has 2 aliphatic heterocycles. The van der Waals surface area contributed by atoms with Gasteiger partial charge in [0.15, 0.2) is 0 Å². The lowest BCUT2D eigenvalue weighted by Gasteiger charge is -2.35. The fourth-order valence-corrected chi connectivity index (χ4v) is 3.40. The predicted molar refractivity (Wildman–Crippen MR) is 78.7 cm³/mol. The van der Waals surface area contributed by atoms with Gasteiger partial charge < -0.3 is 16.0 Å². The number of amides is 1. The monoisotopic (exact) mass is 274 g/mol.